The largest absolute Gasteiger partial charge is 0.316 e. The summed E-state index contributed by atoms with van der Waals surface area (Å²) in [5.41, 5.74) is 1.40. The molecule has 1 aromatic carbocycles. The van der Waals surface area contributed by atoms with Gasteiger partial charge in [-0.25, -0.2) is 0 Å². The molecule has 0 aliphatic rings. The van der Waals surface area contributed by atoms with Gasteiger partial charge >= 0.3 is 0 Å². The molecule has 0 aliphatic carbocycles. The van der Waals surface area contributed by atoms with Crippen molar-refractivity contribution in [3.8, 4) is 0 Å². The fourth-order valence-corrected chi connectivity index (χ4v) is 1.76. The second kappa shape index (κ2) is 6.29. The second-order valence-electron chi connectivity index (χ2n) is 4.50. The minimum absolute atomic E-state index is 0.580. The number of nitrogens with one attached hydrogen (secondary N) is 1. The third kappa shape index (κ3) is 4.80. The molecule has 0 spiro atoms. The van der Waals surface area contributed by atoms with Crippen LogP contribution < -0.4 is 5.32 Å². The highest BCUT2D eigenvalue weighted by molar-refractivity contribution is 9.10. The van der Waals surface area contributed by atoms with Crippen LogP contribution in [0.15, 0.2) is 28.7 Å². The van der Waals surface area contributed by atoms with Crippen molar-refractivity contribution in [2.45, 2.75) is 26.7 Å². The van der Waals surface area contributed by atoms with Gasteiger partial charge in [-0.05, 0) is 36.1 Å². The van der Waals surface area contributed by atoms with Crippen molar-refractivity contribution < 1.29 is 0 Å². The first kappa shape index (κ1) is 12.7. The Bertz CT molecular complexity index is 279. The Morgan fingerprint density at radius 3 is 2.20 bits per heavy atom. The normalized spacial score (nSPS) is 13.1. The zero-order valence-corrected chi connectivity index (χ0v) is 11.3. The van der Waals surface area contributed by atoms with Crippen LogP contribution in [0, 0.1) is 5.92 Å². The summed E-state index contributed by atoms with van der Waals surface area (Å²) in [5.74, 6) is 1.30. The van der Waals surface area contributed by atoms with Crippen molar-refractivity contribution >= 4 is 15.9 Å². The fraction of sp³-hybridized carbons (Fsp3) is 0.538. The SMILES string of the molecule is CC(C)CNCC(C)c1ccc(Br)cc1. The molecule has 1 unspecified atom stereocenters. The minimum atomic E-state index is 0.580. The van der Waals surface area contributed by atoms with Crippen molar-refractivity contribution in [2.24, 2.45) is 5.92 Å². The lowest BCUT2D eigenvalue weighted by molar-refractivity contribution is 0.529. The Balaban J connectivity index is 2.40. The van der Waals surface area contributed by atoms with Gasteiger partial charge in [-0.3, -0.25) is 0 Å². The standard InChI is InChI=1S/C13H20BrN/c1-10(2)8-15-9-11(3)12-4-6-13(14)7-5-12/h4-7,10-11,15H,8-9H2,1-3H3. The molecule has 0 saturated heterocycles. The molecule has 1 aromatic rings. The first-order valence-corrected chi connectivity index (χ1v) is 6.35. The predicted molar refractivity (Wildman–Crippen MR) is 70.3 cm³/mol. The molecule has 0 saturated carbocycles. The Kier molecular flexibility index (Phi) is 5.34. The fourth-order valence-electron chi connectivity index (χ4n) is 1.50. The first-order valence-electron chi connectivity index (χ1n) is 5.55. The quantitative estimate of drug-likeness (QED) is 0.858. The van der Waals surface area contributed by atoms with Crippen LogP contribution in [0.2, 0.25) is 0 Å². The van der Waals surface area contributed by atoms with Crippen LogP contribution in [0.1, 0.15) is 32.3 Å². The topological polar surface area (TPSA) is 12.0 Å². The average molecular weight is 270 g/mol. The van der Waals surface area contributed by atoms with E-state index in [9.17, 15) is 0 Å². The molecule has 1 nitrogen and oxygen atoms in total. The number of halogens is 1. The molecule has 2 heteroatoms. The van der Waals surface area contributed by atoms with E-state index in [0.29, 0.717) is 5.92 Å². The molecule has 15 heavy (non-hydrogen) atoms. The first-order chi connectivity index (χ1) is 7.09. The van der Waals surface area contributed by atoms with Gasteiger partial charge in [0.05, 0.1) is 0 Å². The Labute approximate surface area is 101 Å². The minimum Gasteiger partial charge on any atom is -0.316 e. The van der Waals surface area contributed by atoms with Crippen molar-refractivity contribution in [3.05, 3.63) is 34.3 Å². The average Bonchev–Trinajstić information content (AvgIpc) is 2.18. The van der Waals surface area contributed by atoms with Crippen LogP contribution >= 0.6 is 15.9 Å². The molecule has 84 valence electrons. The molecule has 0 heterocycles. The number of rotatable bonds is 5. The van der Waals surface area contributed by atoms with Gasteiger partial charge in [0.25, 0.3) is 0 Å². The highest BCUT2D eigenvalue weighted by Gasteiger charge is 2.04. The van der Waals surface area contributed by atoms with E-state index in [1.54, 1.807) is 0 Å². The lowest BCUT2D eigenvalue weighted by Gasteiger charge is -2.14. The summed E-state index contributed by atoms with van der Waals surface area (Å²) >= 11 is 3.45. The maximum Gasteiger partial charge on any atom is 0.0175 e. The van der Waals surface area contributed by atoms with E-state index < -0.39 is 0 Å². The maximum absolute atomic E-state index is 3.49. The van der Waals surface area contributed by atoms with Gasteiger partial charge in [0.15, 0.2) is 0 Å². The van der Waals surface area contributed by atoms with Gasteiger partial charge < -0.3 is 5.32 Å². The molecular weight excluding hydrogens is 250 g/mol. The Morgan fingerprint density at radius 1 is 1.07 bits per heavy atom. The van der Waals surface area contributed by atoms with E-state index in [0.717, 1.165) is 23.5 Å². The number of hydrogen-bond acceptors (Lipinski definition) is 1. The monoisotopic (exact) mass is 269 g/mol. The summed E-state index contributed by atoms with van der Waals surface area (Å²) in [5, 5.41) is 3.49. The van der Waals surface area contributed by atoms with E-state index >= 15 is 0 Å². The third-order valence-corrected chi connectivity index (χ3v) is 2.97. The van der Waals surface area contributed by atoms with E-state index in [2.05, 4.69) is 66.3 Å². The molecule has 0 aromatic heterocycles. The number of hydrogen-bond donors (Lipinski definition) is 1. The van der Waals surface area contributed by atoms with Crippen molar-refractivity contribution in [1.29, 1.82) is 0 Å². The third-order valence-electron chi connectivity index (χ3n) is 2.44. The lowest BCUT2D eigenvalue weighted by Crippen LogP contribution is -2.24. The zero-order chi connectivity index (χ0) is 11.3. The van der Waals surface area contributed by atoms with Gasteiger partial charge in [0, 0.05) is 11.0 Å². The van der Waals surface area contributed by atoms with E-state index in [1.807, 2.05) is 0 Å². The van der Waals surface area contributed by atoms with Crippen molar-refractivity contribution in [1.82, 2.24) is 5.32 Å². The van der Waals surface area contributed by atoms with Crippen LogP contribution in [0.3, 0.4) is 0 Å². The van der Waals surface area contributed by atoms with Gasteiger partial charge in [0.1, 0.15) is 0 Å². The van der Waals surface area contributed by atoms with Crippen LogP contribution in [0.4, 0.5) is 0 Å². The predicted octanol–water partition coefficient (Wildman–Crippen LogP) is 3.80. The van der Waals surface area contributed by atoms with Crippen LogP contribution in [0.25, 0.3) is 0 Å². The van der Waals surface area contributed by atoms with Gasteiger partial charge in [-0.15, -0.1) is 0 Å². The summed E-state index contributed by atoms with van der Waals surface area (Å²) in [4.78, 5) is 0. The lowest BCUT2D eigenvalue weighted by atomic mass is 10.0. The Hall–Kier alpha value is -0.340. The molecule has 1 rings (SSSR count). The maximum atomic E-state index is 3.49. The second-order valence-corrected chi connectivity index (χ2v) is 5.42. The molecule has 0 fully saturated rings. The molecular formula is C13H20BrN. The van der Waals surface area contributed by atoms with E-state index in [-0.39, 0.29) is 0 Å². The Morgan fingerprint density at radius 2 is 1.67 bits per heavy atom. The van der Waals surface area contributed by atoms with Crippen LogP contribution in [0.5, 0.6) is 0 Å². The van der Waals surface area contributed by atoms with Gasteiger partial charge in [-0.2, -0.15) is 0 Å². The molecule has 0 amide bonds. The van der Waals surface area contributed by atoms with Crippen molar-refractivity contribution in [2.75, 3.05) is 13.1 Å². The van der Waals surface area contributed by atoms with Crippen LogP contribution in [-0.2, 0) is 0 Å². The zero-order valence-electron chi connectivity index (χ0n) is 9.76. The number of benzene rings is 1. The summed E-state index contributed by atoms with van der Waals surface area (Å²) in [7, 11) is 0. The summed E-state index contributed by atoms with van der Waals surface area (Å²) in [6.07, 6.45) is 0. The molecule has 1 N–H and O–H groups in total. The molecule has 0 aliphatic heterocycles. The van der Waals surface area contributed by atoms with E-state index in [1.165, 1.54) is 5.56 Å². The molecule has 1 atom stereocenters. The van der Waals surface area contributed by atoms with Gasteiger partial charge in [-0.1, -0.05) is 48.8 Å². The van der Waals surface area contributed by atoms with Gasteiger partial charge in [0.2, 0.25) is 0 Å². The smallest absolute Gasteiger partial charge is 0.0175 e. The highest BCUT2D eigenvalue weighted by Crippen LogP contribution is 2.17. The van der Waals surface area contributed by atoms with Crippen molar-refractivity contribution in [3.63, 3.8) is 0 Å². The highest BCUT2D eigenvalue weighted by atomic mass is 79.9. The van der Waals surface area contributed by atoms with E-state index in [4.69, 9.17) is 0 Å². The summed E-state index contributed by atoms with van der Waals surface area (Å²) in [6.45, 7) is 8.88. The summed E-state index contributed by atoms with van der Waals surface area (Å²) < 4.78 is 1.15. The van der Waals surface area contributed by atoms with Crippen LogP contribution in [-0.4, -0.2) is 13.1 Å². The summed E-state index contributed by atoms with van der Waals surface area (Å²) in [6, 6.07) is 8.58. The molecule has 0 bridgehead atoms. The molecule has 0 radical (unpaired) electrons.